The minimum absolute atomic E-state index is 0.0958. The van der Waals surface area contributed by atoms with Gasteiger partial charge in [-0.3, -0.25) is 4.79 Å². The highest BCUT2D eigenvalue weighted by atomic mass is 16.5. The highest BCUT2D eigenvalue weighted by Gasteiger charge is 2.22. The van der Waals surface area contributed by atoms with Gasteiger partial charge in [0.2, 0.25) is 0 Å². The zero-order valence-electron chi connectivity index (χ0n) is 12.1. The van der Waals surface area contributed by atoms with Gasteiger partial charge >= 0.3 is 0 Å². The lowest BCUT2D eigenvalue weighted by atomic mass is 9.98. The maximum Gasteiger partial charge on any atom is 0.196 e. The predicted octanol–water partition coefficient (Wildman–Crippen LogP) is 2.83. The molecule has 2 aromatic rings. The first-order valence-electron chi connectivity index (χ1n) is 6.87. The van der Waals surface area contributed by atoms with Crippen molar-refractivity contribution in [2.45, 2.75) is 19.4 Å². The molecule has 0 fully saturated rings. The Kier molecular flexibility index (Phi) is 3.29. The van der Waals surface area contributed by atoms with Gasteiger partial charge in [0, 0.05) is 12.0 Å². The summed E-state index contributed by atoms with van der Waals surface area (Å²) in [6.45, 7) is 2.02. The Morgan fingerprint density at radius 2 is 2.14 bits per heavy atom. The minimum atomic E-state index is -0.0958. The number of ether oxygens (including phenoxy) is 2. The Morgan fingerprint density at radius 3 is 2.90 bits per heavy atom. The molecule has 2 N–H and O–H groups in total. The van der Waals surface area contributed by atoms with Crippen LogP contribution in [0.3, 0.4) is 0 Å². The predicted molar refractivity (Wildman–Crippen MR) is 81.1 cm³/mol. The van der Waals surface area contributed by atoms with E-state index in [9.17, 15) is 4.79 Å². The molecule has 0 spiro atoms. The van der Waals surface area contributed by atoms with E-state index in [1.165, 1.54) is 7.11 Å². The molecule has 1 unspecified atom stereocenters. The van der Waals surface area contributed by atoms with Crippen LogP contribution in [-0.2, 0) is 6.42 Å². The summed E-state index contributed by atoms with van der Waals surface area (Å²) in [7, 11) is 1.51. The Hall–Kier alpha value is -2.49. The summed E-state index contributed by atoms with van der Waals surface area (Å²) >= 11 is 0. The number of carbonyl (C=O) groups excluding carboxylic acids is 1. The van der Waals surface area contributed by atoms with Crippen LogP contribution in [0.15, 0.2) is 36.4 Å². The van der Waals surface area contributed by atoms with E-state index in [4.69, 9.17) is 15.2 Å². The second kappa shape index (κ2) is 5.13. The summed E-state index contributed by atoms with van der Waals surface area (Å²) < 4.78 is 10.9. The zero-order chi connectivity index (χ0) is 15.0. The molecule has 1 aliphatic heterocycles. The summed E-state index contributed by atoms with van der Waals surface area (Å²) in [6.07, 6.45) is 0.983. The summed E-state index contributed by atoms with van der Waals surface area (Å²) in [5, 5.41) is 0. The number of nitrogens with two attached hydrogens (primary N) is 1. The van der Waals surface area contributed by atoms with Gasteiger partial charge in [-0.05, 0) is 42.8 Å². The molecule has 2 aromatic carbocycles. The van der Waals surface area contributed by atoms with E-state index in [1.807, 2.05) is 19.1 Å². The van der Waals surface area contributed by atoms with Crippen molar-refractivity contribution in [2.24, 2.45) is 0 Å². The van der Waals surface area contributed by atoms with Crippen LogP contribution >= 0.6 is 0 Å². The van der Waals surface area contributed by atoms with Crippen molar-refractivity contribution in [3.05, 3.63) is 53.1 Å². The number of para-hydroxylation sites is 1. The number of rotatable bonds is 3. The van der Waals surface area contributed by atoms with Crippen molar-refractivity contribution in [1.82, 2.24) is 0 Å². The quantitative estimate of drug-likeness (QED) is 0.695. The number of hydrogen-bond acceptors (Lipinski definition) is 4. The Morgan fingerprint density at radius 1 is 1.33 bits per heavy atom. The fraction of sp³-hybridized carbons (Fsp3) is 0.235. The van der Waals surface area contributed by atoms with Crippen molar-refractivity contribution in [3.63, 3.8) is 0 Å². The van der Waals surface area contributed by atoms with Crippen molar-refractivity contribution in [1.29, 1.82) is 0 Å². The maximum absolute atomic E-state index is 12.7. The molecule has 0 saturated heterocycles. The van der Waals surface area contributed by atoms with Crippen LogP contribution in [0.1, 0.15) is 28.4 Å². The fourth-order valence-corrected chi connectivity index (χ4v) is 2.68. The average Bonchev–Trinajstić information content (AvgIpc) is 2.85. The van der Waals surface area contributed by atoms with E-state index >= 15 is 0 Å². The number of nitrogen functional groups attached to an aromatic ring is 1. The highest BCUT2D eigenvalue weighted by Crippen LogP contribution is 2.32. The molecule has 0 radical (unpaired) electrons. The molecule has 0 aromatic heterocycles. The first-order chi connectivity index (χ1) is 10.1. The lowest BCUT2D eigenvalue weighted by molar-refractivity contribution is 0.103. The Bertz CT molecular complexity index is 709. The van der Waals surface area contributed by atoms with Crippen LogP contribution in [0.5, 0.6) is 11.5 Å². The molecule has 3 rings (SSSR count). The van der Waals surface area contributed by atoms with Gasteiger partial charge in [0.15, 0.2) is 11.5 Å². The average molecular weight is 283 g/mol. The van der Waals surface area contributed by atoms with Gasteiger partial charge in [0.1, 0.15) is 11.9 Å². The topological polar surface area (TPSA) is 61.5 Å². The summed E-state index contributed by atoms with van der Waals surface area (Å²) in [5.74, 6) is 1.19. The van der Waals surface area contributed by atoms with Crippen molar-refractivity contribution in [3.8, 4) is 11.5 Å². The van der Waals surface area contributed by atoms with Crippen LogP contribution in [-0.4, -0.2) is 19.0 Å². The van der Waals surface area contributed by atoms with Crippen LogP contribution < -0.4 is 15.2 Å². The summed E-state index contributed by atoms with van der Waals surface area (Å²) in [5.41, 5.74) is 8.48. The number of carbonyl (C=O) groups is 1. The van der Waals surface area contributed by atoms with E-state index in [0.29, 0.717) is 22.6 Å². The molecule has 4 nitrogen and oxygen atoms in total. The molecular formula is C17H17NO3. The van der Waals surface area contributed by atoms with Crippen LogP contribution in [0.25, 0.3) is 0 Å². The normalized spacial score (nSPS) is 16.2. The monoisotopic (exact) mass is 283 g/mol. The third kappa shape index (κ3) is 2.33. The number of fused-ring (bicyclic) bond motifs is 1. The highest BCUT2D eigenvalue weighted by molar-refractivity contribution is 6.11. The molecule has 21 heavy (non-hydrogen) atoms. The standard InChI is InChI=1S/C17H17NO3/c1-10-8-12-9-11(6-7-15(12)21-10)16(19)13-4-3-5-14(18)17(13)20-2/h3-7,9-10H,8,18H2,1-2H3. The molecule has 0 aliphatic carbocycles. The smallest absolute Gasteiger partial charge is 0.196 e. The van der Waals surface area contributed by atoms with Gasteiger partial charge in [-0.25, -0.2) is 0 Å². The molecule has 108 valence electrons. The van der Waals surface area contributed by atoms with E-state index < -0.39 is 0 Å². The van der Waals surface area contributed by atoms with Crippen molar-refractivity contribution < 1.29 is 14.3 Å². The Labute approximate surface area is 123 Å². The second-order valence-electron chi connectivity index (χ2n) is 5.21. The molecule has 0 amide bonds. The summed E-state index contributed by atoms with van der Waals surface area (Å²) in [4.78, 5) is 12.7. The first kappa shape index (κ1) is 13.5. The van der Waals surface area contributed by atoms with Crippen LogP contribution in [0.2, 0.25) is 0 Å². The number of hydrogen-bond donors (Lipinski definition) is 1. The lowest BCUT2D eigenvalue weighted by Gasteiger charge is -2.10. The minimum Gasteiger partial charge on any atom is -0.494 e. The van der Waals surface area contributed by atoms with E-state index in [2.05, 4.69) is 0 Å². The molecule has 0 saturated carbocycles. The van der Waals surface area contributed by atoms with Gasteiger partial charge in [0.05, 0.1) is 18.4 Å². The molecule has 0 bridgehead atoms. The number of methoxy groups -OCH3 is 1. The van der Waals surface area contributed by atoms with E-state index in [0.717, 1.165) is 17.7 Å². The number of benzene rings is 2. The second-order valence-corrected chi connectivity index (χ2v) is 5.21. The SMILES string of the molecule is COc1c(N)cccc1C(=O)c1ccc2c(c1)CC(C)O2. The largest absolute Gasteiger partial charge is 0.494 e. The molecular weight excluding hydrogens is 266 g/mol. The molecule has 4 heteroatoms. The van der Waals surface area contributed by atoms with Gasteiger partial charge in [-0.2, -0.15) is 0 Å². The van der Waals surface area contributed by atoms with E-state index in [-0.39, 0.29) is 11.9 Å². The maximum atomic E-state index is 12.7. The number of anilines is 1. The van der Waals surface area contributed by atoms with Crippen LogP contribution in [0, 0.1) is 0 Å². The summed E-state index contributed by atoms with van der Waals surface area (Å²) in [6, 6.07) is 10.7. The van der Waals surface area contributed by atoms with Gasteiger partial charge in [0.25, 0.3) is 0 Å². The fourth-order valence-electron chi connectivity index (χ4n) is 2.68. The van der Waals surface area contributed by atoms with Crippen molar-refractivity contribution >= 4 is 11.5 Å². The molecule has 1 atom stereocenters. The van der Waals surface area contributed by atoms with Crippen LogP contribution in [0.4, 0.5) is 5.69 Å². The van der Waals surface area contributed by atoms with E-state index in [1.54, 1.807) is 24.3 Å². The number of ketones is 1. The molecule has 1 heterocycles. The zero-order valence-corrected chi connectivity index (χ0v) is 12.1. The first-order valence-corrected chi connectivity index (χ1v) is 6.87. The molecule has 1 aliphatic rings. The van der Waals surface area contributed by atoms with Gasteiger partial charge in [-0.1, -0.05) is 6.07 Å². The van der Waals surface area contributed by atoms with Crippen molar-refractivity contribution in [2.75, 3.05) is 12.8 Å². The third-order valence-electron chi connectivity index (χ3n) is 3.65. The Balaban J connectivity index is 2.00. The lowest BCUT2D eigenvalue weighted by Crippen LogP contribution is -2.06. The third-order valence-corrected chi connectivity index (χ3v) is 3.65. The van der Waals surface area contributed by atoms with Gasteiger partial charge < -0.3 is 15.2 Å². The van der Waals surface area contributed by atoms with Gasteiger partial charge in [-0.15, -0.1) is 0 Å².